The zero-order valence-corrected chi connectivity index (χ0v) is 12.5. The molecule has 2 fully saturated rings. The number of likely N-dealkylation sites (tertiary alicyclic amines) is 2. The predicted molar refractivity (Wildman–Crippen MR) is 75.5 cm³/mol. The minimum absolute atomic E-state index is 0.000926. The first-order chi connectivity index (χ1) is 10.0. The summed E-state index contributed by atoms with van der Waals surface area (Å²) < 4.78 is 4.95. The number of hydrogen-bond acceptors (Lipinski definition) is 4. The summed E-state index contributed by atoms with van der Waals surface area (Å²) in [5.41, 5.74) is -0.170. The van der Waals surface area contributed by atoms with Crippen LogP contribution in [-0.4, -0.2) is 51.9 Å². The van der Waals surface area contributed by atoms with E-state index in [-0.39, 0.29) is 29.0 Å². The van der Waals surface area contributed by atoms with Gasteiger partial charge < -0.3 is 14.3 Å². The van der Waals surface area contributed by atoms with Gasteiger partial charge >= 0.3 is 0 Å². The molecule has 1 aromatic rings. The Morgan fingerprint density at radius 2 is 2.14 bits per heavy atom. The van der Waals surface area contributed by atoms with Gasteiger partial charge in [-0.3, -0.25) is 9.59 Å². The summed E-state index contributed by atoms with van der Waals surface area (Å²) in [4.78, 5) is 28.5. The van der Waals surface area contributed by atoms with Crippen molar-refractivity contribution in [3.63, 3.8) is 0 Å². The molecule has 3 rings (SSSR count). The highest BCUT2D eigenvalue weighted by molar-refractivity contribution is 5.91. The summed E-state index contributed by atoms with van der Waals surface area (Å²) in [6, 6.07) is 1.58. The van der Waals surface area contributed by atoms with E-state index in [2.05, 4.69) is 5.16 Å². The van der Waals surface area contributed by atoms with E-state index in [1.807, 2.05) is 18.7 Å². The van der Waals surface area contributed by atoms with Crippen LogP contribution in [0.5, 0.6) is 0 Å². The van der Waals surface area contributed by atoms with Crippen LogP contribution in [0.2, 0.25) is 0 Å². The van der Waals surface area contributed by atoms with Gasteiger partial charge in [-0.05, 0) is 19.3 Å². The van der Waals surface area contributed by atoms with Crippen molar-refractivity contribution < 1.29 is 14.1 Å². The summed E-state index contributed by atoms with van der Waals surface area (Å²) in [6.07, 6.45) is 4.32. The second-order valence-electron chi connectivity index (χ2n) is 6.33. The third kappa shape index (κ3) is 2.32. The zero-order chi connectivity index (χ0) is 15.0. The fourth-order valence-electron chi connectivity index (χ4n) is 3.53. The van der Waals surface area contributed by atoms with Crippen LogP contribution >= 0.6 is 0 Å². The van der Waals surface area contributed by atoms with E-state index in [0.29, 0.717) is 13.1 Å². The monoisotopic (exact) mass is 291 g/mol. The molecule has 0 unspecified atom stereocenters. The molecule has 0 bridgehead atoms. The topological polar surface area (TPSA) is 66.7 Å². The number of amides is 2. The number of aromatic nitrogens is 1. The molecule has 3 heterocycles. The molecule has 2 amide bonds. The standard InChI is InChI=1S/C15H21N3O3/c1-11(2)13(19)18-8-3-5-15(18)6-9-17(10-15)14(20)12-4-7-16-21-12/h4,7,11H,3,5-6,8-10H2,1-2H3/t15-/m0/s1. The Morgan fingerprint density at radius 3 is 2.81 bits per heavy atom. The van der Waals surface area contributed by atoms with Gasteiger partial charge in [-0.2, -0.15) is 0 Å². The zero-order valence-electron chi connectivity index (χ0n) is 12.5. The Kier molecular flexibility index (Phi) is 3.47. The molecule has 6 nitrogen and oxygen atoms in total. The molecule has 1 spiro atoms. The van der Waals surface area contributed by atoms with Crippen molar-refractivity contribution in [3.8, 4) is 0 Å². The first-order valence-electron chi connectivity index (χ1n) is 7.55. The van der Waals surface area contributed by atoms with Gasteiger partial charge in [-0.25, -0.2) is 0 Å². The van der Waals surface area contributed by atoms with Crippen LogP contribution in [0, 0.1) is 5.92 Å². The molecule has 0 N–H and O–H groups in total. The number of rotatable bonds is 2. The molecule has 2 aliphatic rings. The van der Waals surface area contributed by atoms with Crippen molar-refractivity contribution in [2.24, 2.45) is 5.92 Å². The van der Waals surface area contributed by atoms with Gasteiger partial charge in [0.25, 0.3) is 5.91 Å². The summed E-state index contributed by atoms with van der Waals surface area (Å²) in [6.45, 7) is 5.94. The highest BCUT2D eigenvalue weighted by atomic mass is 16.5. The van der Waals surface area contributed by atoms with Crippen LogP contribution in [0.3, 0.4) is 0 Å². The summed E-state index contributed by atoms with van der Waals surface area (Å²) in [5, 5.41) is 3.58. The van der Waals surface area contributed by atoms with Crippen molar-refractivity contribution in [3.05, 3.63) is 18.0 Å². The normalized spacial score (nSPS) is 25.3. The number of carbonyl (C=O) groups excluding carboxylic acids is 2. The maximum atomic E-state index is 12.4. The van der Waals surface area contributed by atoms with Crippen LogP contribution in [-0.2, 0) is 4.79 Å². The molecule has 114 valence electrons. The van der Waals surface area contributed by atoms with E-state index in [4.69, 9.17) is 4.52 Å². The molecule has 6 heteroatoms. The minimum Gasteiger partial charge on any atom is -0.351 e. The number of carbonyl (C=O) groups is 2. The second-order valence-corrected chi connectivity index (χ2v) is 6.33. The largest absolute Gasteiger partial charge is 0.351 e. The van der Waals surface area contributed by atoms with Gasteiger partial charge in [0, 0.05) is 31.6 Å². The van der Waals surface area contributed by atoms with E-state index in [0.717, 1.165) is 25.8 Å². The molecule has 0 aliphatic carbocycles. The van der Waals surface area contributed by atoms with E-state index < -0.39 is 0 Å². The van der Waals surface area contributed by atoms with Gasteiger partial charge in [0.15, 0.2) is 0 Å². The van der Waals surface area contributed by atoms with Gasteiger partial charge in [0.1, 0.15) is 0 Å². The van der Waals surface area contributed by atoms with Gasteiger partial charge in [-0.1, -0.05) is 19.0 Å². The summed E-state index contributed by atoms with van der Waals surface area (Å²) in [7, 11) is 0. The van der Waals surface area contributed by atoms with E-state index in [9.17, 15) is 9.59 Å². The predicted octanol–water partition coefficient (Wildman–Crippen LogP) is 1.54. The van der Waals surface area contributed by atoms with Crippen LogP contribution in [0.4, 0.5) is 0 Å². The molecular formula is C15H21N3O3. The third-order valence-electron chi connectivity index (χ3n) is 4.62. The highest BCUT2D eigenvalue weighted by Gasteiger charge is 2.49. The third-order valence-corrected chi connectivity index (χ3v) is 4.62. The van der Waals surface area contributed by atoms with E-state index in [1.165, 1.54) is 6.20 Å². The minimum atomic E-state index is -0.170. The fourth-order valence-corrected chi connectivity index (χ4v) is 3.53. The maximum absolute atomic E-state index is 12.4. The van der Waals surface area contributed by atoms with Crippen LogP contribution < -0.4 is 0 Å². The lowest BCUT2D eigenvalue weighted by Crippen LogP contribution is -2.51. The molecule has 0 saturated carbocycles. The fraction of sp³-hybridized carbons (Fsp3) is 0.667. The van der Waals surface area contributed by atoms with Crippen molar-refractivity contribution in [1.82, 2.24) is 15.0 Å². The van der Waals surface area contributed by atoms with Crippen LogP contribution in [0.15, 0.2) is 16.8 Å². The first kappa shape index (κ1) is 14.1. The molecule has 0 radical (unpaired) electrons. The molecule has 1 atom stereocenters. The van der Waals surface area contributed by atoms with Gasteiger partial charge in [0.05, 0.1) is 11.7 Å². The molecule has 2 aliphatic heterocycles. The first-order valence-corrected chi connectivity index (χ1v) is 7.55. The van der Waals surface area contributed by atoms with E-state index >= 15 is 0 Å². The second kappa shape index (κ2) is 5.16. The molecule has 1 aromatic heterocycles. The Bertz CT molecular complexity index is 540. The van der Waals surface area contributed by atoms with Crippen molar-refractivity contribution >= 4 is 11.8 Å². The Labute approximate surface area is 124 Å². The lowest BCUT2D eigenvalue weighted by Gasteiger charge is -2.36. The SMILES string of the molecule is CC(C)C(=O)N1CCC[C@@]12CCN(C(=O)c1ccno1)C2. The smallest absolute Gasteiger partial charge is 0.292 e. The average molecular weight is 291 g/mol. The van der Waals surface area contributed by atoms with Crippen LogP contribution in [0.1, 0.15) is 43.7 Å². The van der Waals surface area contributed by atoms with Crippen molar-refractivity contribution in [2.75, 3.05) is 19.6 Å². The lowest BCUT2D eigenvalue weighted by molar-refractivity contribution is -0.138. The maximum Gasteiger partial charge on any atom is 0.292 e. The van der Waals surface area contributed by atoms with Crippen LogP contribution in [0.25, 0.3) is 0 Å². The summed E-state index contributed by atoms with van der Waals surface area (Å²) >= 11 is 0. The van der Waals surface area contributed by atoms with Crippen molar-refractivity contribution in [1.29, 1.82) is 0 Å². The number of hydrogen-bond donors (Lipinski definition) is 0. The molecule has 21 heavy (non-hydrogen) atoms. The summed E-state index contributed by atoms with van der Waals surface area (Å²) in [5.74, 6) is 0.334. The highest BCUT2D eigenvalue weighted by Crippen LogP contribution is 2.38. The van der Waals surface area contributed by atoms with Gasteiger partial charge in [-0.15, -0.1) is 0 Å². The van der Waals surface area contributed by atoms with Crippen molar-refractivity contribution in [2.45, 2.75) is 38.6 Å². The molecule has 0 aromatic carbocycles. The Hall–Kier alpha value is -1.85. The lowest BCUT2D eigenvalue weighted by atomic mass is 9.94. The quantitative estimate of drug-likeness (QED) is 0.829. The molecule has 2 saturated heterocycles. The average Bonchev–Trinajstić information content (AvgIpc) is 3.19. The Morgan fingerprint density at radius 1 is 1.33 bits per heavy atom. The van der Waals surface area contributed by atoms with E-state index in [1.54, 1.807) is 11.0 Å². The number of nitrogens with zero attached hydrogens (tertiary/aromatic N) is 3. The molecular weight excluding hydrogens is 270 g/mol. The van der Waals surface area contributed by atoms with Gasteiger partial charge in [0.2, 0.25) is 11.7 Å². The Balaban J connectivity index is 1.76.